The molecule has 1 aromatic rings. The number of rotatable bonds is 9. The standard InChI is InChI=1S/C15H25NO3/c1-12(2)11-18-15-7-5-14(6-8-15)13(3)16-19-10-9-17-4/h5-8,12-13,16H,9-11H2,1-4H3. The van der Waals surface area contributed by atoms with Crippen LogP contribution in [0.5, 0.6) is 5.75 Å². The van der Waals surface area contributed by atoms with Crippen LogP contribution < -0.4 is 10.2 Å². The second-order valence-corrected chi connectivity index (χ2v) is 4.95. The van der Waals surface area contributed by atoms with Crippen molar-refractivity contribution in [1.29, 1.82) is 0 Å². The molecule has 1 unspecified atom stereocenters. The van der Waals surface area contributed by atoms with Crippen molar-refractivity contribution in [3.05, 3.63) is 29.8 Å². The second kappa shape index (κ2) is 8.91. The van der Waals surface area contributed by atoms with E-state index in [4.69, 9.17) is 14.3 Å². The Hall–Kier alpha value is -1.10. The molecule has 0 radical (unpaired) electrons. The number of hydrogen-bond donors (Lipinski definition) is 1. The number of ether oxygens (including phenoxy) is 2. The van der Waals surface area contributed by atoms with Gasteiger partial charge in [-0.3, -0.25) is 4.84 Å². The first-order valence-corrected chi connectivity index (χ1v) is 6.72. The van der Waals surface area contributed by atoms with Crippen LogP contribution in [0.15, 0.2) is 24.3 Å². The number of nitrogens with one attached hydrogen (secondary N) is 1. The van der Waals surface area contributed by atoms with Crippen LogP contribution >= 0.6 is 0 Å². The summed E-state index contributed by atoms with van der Waals surface area (Å²) in [6.45, 7) is 8.19. The lowest BCUT2D eigenvalue weighted by Crippen LogP contribution is -2.21. The predicted molar refractivity (Wildman–Crippen MR) is 76.2 cm³/mol. The van der Waals surface area contributed by atoms with Crippen LogP contribution in [0, 0.1) is 5.92 Å². The van der Waals surface area contributed by atoms with E-state index in [0.29, 0.717) is 19.1 Å². The summed E-state index contributed by atoms with van der Waals surface area (Å²) in [5, 5.41) is 0. The number of hydrogen-bond acceptors (Lipinski definition) is 4. The van der Waals surface area contributed by atoms with Gasteiger partial charge in [-0.05, 0) is 30.5 Å². The zero-order chi connectivity index (χ0) is 14.1. The topological polar surface area (TPSA) is 39.7 Å². The van der Waals surface area contributed by atoms with Gasteiger partial charge in [0.05, 0.1) is 25.9 Å². The van der Waals surface area contributed by atoms with Crippen molar-refractivity contribution in [3.8, 4) is 5.75 Å². The molecule has 1 N–H and O–H groups in total. The predicted octanol–water partition coefficient (Wildman–Crippen LogP) is 2.95. The summed E-state index contributed by atoms with van der Waals surface area (Å²) in [5.41, 5.74) is 4.14. The Morgan fingerprint density at radius 2 is 1.74 bits per heavy atom. The van der Waals surface area contributed by atoms with Gasteiger partial charge in [-0.25, -0.2) is 0 Å². The lowest BCUT2D eigenvalue weighted by Gasteiger charge is -2.15. The minimum atomic E-state index is 0.135. The first-order valence-electron chi connectivity index (χ1n) is 6.72. The van der Waals surface area contributed by atoms with Gasteiger partial charge >= 0.3 is 0 Å². The third-order valence-electron chi connectivity index (χ3n) is 2.61. The summed E-state index contributed by atoms with van der Waals surface area (Å²) < 4.78 is 10.6. The smallest absolute Gasteiger partial charge is 0.119 e. The van der Waals surface area contributed by atoms with E-state index in [1.807, 2.05) is 24.3 Å². The number of hydroxylamine groups is 1. The maximum atomic E-state index is 5.65. The van der Waals surface area contributed by atoms with Gasteiger partial charge in [0.2, 0.25) is 0 Å². The first-order chi connectivity index (χ1) is 9.13. The maximum Gasteiger partial charge on any atom is 0.119 e. The molecular weight excluding hydrogens is 242 g/mol. The van der Waals surface area contributed by atoms with Crippen molar-refractivity contribution < 1.29 is 14.3 Å². The van der Waals surface area contributed by atoms with Gasteiger partial charge < -0.3 is 9.47 Å². The van der Waals surface area contributed by atoms with Crippen molar-refractivity contribution in [2.45, 2.75) is 26.8 Å². The molecule has 19 heavy (non-hydrogen) atoms. The molecule has 108 valence electrons. The zero-order valence-electron chi connectivity index (χ0n) is 12.3. The Bertz CT molecular complexity index is 338. The number of methoxy groups -OCH3 is 1. The molecule has 0 amide bonds. The van der Waals surface area contributed by atoms with E-state index in [9.17, 15) is 0 Å². The van der Waals surface area contributed by atoms with Crippen LogP contribution in [-0.4, -0.2) is 26.9 Å². The molecule has 1 aromatic carbocycles. The molecule has 0 bridgehead atoms. The van der Waals surface area contributed by atoms with E-state index in [1.165, 1.54) is 0 Å². The Labute approximate surface area is 116 Å². The highest BCUT2D eigenvalue weighted by Gasteiger charge is 2.05. The molecule has 0 spiro atoms. The first kappa shape index (κ1) is 16.0. The molecule has 0 aromatic heterocycles. The zero-order valence-corrected chi connectivity index (χ0v) is 12.3. The minimum absolute atomic E-state index is 0.135. The van der Waals surface area contributed by atoms with Gasteiger partial charge in [0.15, 0.2) is 0 Å². The third-order valence-corrected chi connectivity index (χ3v) is 2.61. The van der Waals surface area contributed by atoms with Gasteiger partial charge in [0.25, 0.3) is 0 Å². The van der Waals surface area contributed by atoms with Crippen LogP contribution in [0.4, 0.5) is 0 Å². The summed E-state index contributed by atoms with van der Waals surface area (Å²) >= 11 is 0. The quantitative estimate of drug-likeness (QED) is 0.551. The molecule has 0 aliphatic heterocycles. The van der Waals surface area contributed by atoms with E-state index in [2.05, 4.69) is 26.3 Å². The largest absolute Gasteiger partial charge is 0.493 e. The van der Waals surface area contributed by atoms with Crippen LogP contribution in [0.25, 0.3) is 0 Å². The fraction of sp³-hybridized carbons (Fsp3) is 0.600. The maximum absolute atomic E-state index is 5.65. The SMILES string of the molecule is COCCONC(C)c1ccc(OCC(C)C)cc1. The molecule has 1 atom stereocenters. The van der Waals surface area contributed by atoms with Gasteiger partial charge in [0.1, 0.15) is 5.75 Å². The van der Waals surface area contributed by atoms with Crippen LogP contribution in [0.3, 0.4) is 0 Å². The lowest BCUT2D eigenvalue weighted by atomic mass is 10.1. The minimum Gasteiger partial charge on any atom is -0.493 e. The van der Waals surface area contributed by atoms with Crippen LogP contribution in [-0.2, 0) is 9.57 Å². The fourth-order valence-corrected chi connectivity index (χ4v) is 1.49. The Kier molecular flexibility index (Phi) is 7.48. The highest BCUT2D eigenvalue weighted by atomic mass is 16.7. The molecule has 0 saturated carbocycles. The lowest BCUT2D eigenvalue weighted by molar-refractivity contribution is -0.00925. The average Bonchev–Trinajstić information content (AvgIpc) is 2.41. The summed E-state index contributed by atoms with van der Waals surface area (Å²) in [6, 6.07) is 8.21. The van der Waals surface area contributed by atoms with Crippen LogP contribution in [0.2, 0.25) is 0 Å². The molecule has 4 nitrogen and oxygen atoms in total. The highest BCUT2D eigenvalue weighted by molar-refractivity contribution is 5.28. The molecule has 0 fully saturated rings. The Morgan fingerprint density at radius 1 is 1.05 bits per heavy atom. The number of benzene rings is 1. The van der Waals surface area contributed by atoms with Crippen molar-refractivity contribution in [1.82, 2.24) is 5.48 Å². The van der Waals surface area contributed by atoms with Crippen molar-refractivity contribution in [2.75, 3.05) is 26.9 Å². The van der Waals surface area contributed by atoms with Gasteiger partial charge in [-0.1, -0.05) is 26.0 Å². The van der Waals surface area contributed by atoms with Gasteiger partial charge in [0, 0.05) is 7.11 Å². The summed E-state index contributed by atoms with van der Waals surface area (Å²) in [6.07, 6.45) is 0. The van der Waals surface area contributed by atoms with Crippen molar-refractivity contribution in [2.24, 2.45) is 5.92 Å². The Morgan fingerprint density at radius 3 is 2.32 bits per heavy atom. The fourth-order valence-electron chi connectivity index (χ4n) is 1.49. The van der Waals surface area contributed by atoms with Crippen LogP contribution in [0.1, 0.15) is 32.4 Å². The molecule has 1 rings (SSSR count). The van der Waals surface area contributed by atoms with E-state index in [0.717, 1.165) is 17.9 Å². The summed E-state index contributed by atoms with van der Waals surface area (Å²) in [7, 11) is 1.66. The second-order valence-electron chi connectivity index (χ2n) is 4.95. The van der Waals surface area contributed by atoms with Gasteiger partial charge in [-0.15, -0.1) is 0 Å². The van der Waals surface area contributed by atoms with E-state index in [-0.39, 0.29) is 6.04 Å². The van der Waals surface area contributed by atoms with E-state index < -0.39 is 0 Å². The van der Waals surface area contributed by atoms with E-state index in [1.54, 1.807) is 7.11 Å². The molecular formula is C15H25NO3. The monoisotopic (exact) mass is 267 g/mol. The average molecular weight is 267 g/mol. The normalized spacial score (nSPS) is 12.7. The summed E-state index contributed by atoms with van der Waals surface area (Å²) in [5.74, 6) is 1.44. The van der Waals surface area contributed by atoms with Gasteiger partial charge in [-0.2, -0.15) is 5.48 Å². The molecule has 0 aliphatic rings. The van der Waals surface area contributed by atoms with Crippen molar-refractivity contribution >= 4 is 0 Å². The highest BCUT2D eigenvalue weighted by Crippen LogP contribution is 2.18. The Balaban J connectivity index is 2.37. The third kappa shape index (κ3) is 6.57. The summed E-state index contributed by atoms with van der Waals surface area (Å²) in [4.78, 5) is 5.29. The van der Waals surface area contributed by atoms with E-state index >= 15 is 0 Å². The molecule has 4 heteroatoms. The molecule has 0 heterocycles. The van der Waals surface area contributed by atoms with Crippen molar-refractivity contribution in [3.63, 3.8) is 0 Å². The molecule has 0 saturated heterocycles. The molecule has 0 aliphatic carbocycles.